The number of H-pyrrole nitrogens is 1. The standard InChI is InChI=1S/C21H13Cl3N2/c22-15-11-16(18(24)17(23)12-15)21-25-19(13-7-3-1-4-8-13)20(26-21)14-9-5-2-6-10-14/h1-12H,(H,25,26). The van der Waals surface area contributed by atoms with Gasteiger partial charge in [0.25, 0.3) is 0 Å². The summed E-state index contributed by atoms with van der Waals surface area (Å²) >= 11 is 18.8. The van der Waals surface area contributed by atoms with Gasteiger partial charge in [0.05, 0.1) is 21.4 Å². The van der Waals surface area contributed by atoms with Crippen molar-refractivity contribution in [3.8, 4) is 33.9 Å². The first-order valence-corrected chi connectivity index (χ1v) is 9.12. The molecule has 0 atom stereocenters. The van der Waals surface area contributed by atoms with Crippen molar-refractivity contribution in [2.45, 2.75) is 0 Å². The first kappa shape index (κ1) is 17.2. The van der Waals surface area contributed by atoms with Crippen molar-refractivity contribution >= 4 is 34.8 Å². The van der Waals surface area contributed by atoms with E-state index < -0.39 is 0 Å². The molecule has 0 radical (unpaired) electrons. The fraction of sp³-hybridized carbons (Fsp3) is 0. The highest BCUT2D eigenvalue weighted by atomic mass is 35.5. The zero-order valence-corrected chi connectivity index (χ0v) is 15.8. The summed E-state index contributed by atoms with van der Waals surface area (Å²) in [5, 5.41) is 1.32. The molecule has 2 nitrogen and oxygen atoms in total. The molecule has 5 heteroatoms. The molecule has 0 amide bonds. The van der Waals surface area contributed by atoms with Crippen LogP contribution in [0.1, 0.15) is 0 Å². The maximum absolute atomic E-state index is 6.40. The van der Waals surface area contributed by atoms with E-state index in [-0.39, 0.29) is 0 Å². The molecule has 0 bridgehead atoms. The van der Waals surface area contributed by atoms with Crippen LogP contribution in [0.2, 0.25) is 15.1 Å². The van der Waals surface area contributed by atoms with Gasteiger partial charge in [-0.3, -0.25) is 0 Å². The van der Waals surface area contributed by atoms with Gasteiger partial charge in [-0.15, -0.1) is 0 Å². The van der Waals surface area contributed by atoms with Crippen LogP contribution in [0.5, 0.6) is 0 Å². The molecule has 0 spiro atoms. The quantitative estimate of drug-likeness (QED) is 0.358. The Morgan fingerprint density at radius 2 is 1.35 bits per heavy atom. The molecule has 128 valence electrons. The van der Waals surface area contributed by atoms with E-state index in [2.05, 4.69) is 4.98 Å². The highest BCUT2D eigenvalue weighted by molar-refractivity contribution is 6.45. The minimum absolute atomic E-state index is 0.396. The van der Waals surface area contributed by atoms with Gasteiger partial charge in [0.2, 0.25) is 0 Å². The lowest BCUT2D eigenvalue weighted by atomic mass is 10.1. The van der Waals surface area contributed by atoms with Gasteiger partial charge in [0, 0.05) is 21.7 Å². The summed E-state index contributed by atoms with van der Waals surface area (Å²) in [5.74, 6) is 0.622. The zero-order valence-electron chi connectivity index (χ0n) is 13.5. The van der Waals surface area contributed by atoms with E-state index in [4.69, 9.17) is 39.8 Å². The van der Waals surface area contributed by atoms with Crippen molar-refractivity contribution in [2.24, 2.45) is 0 Å². The predicted molar refractivity (Wildman–Crippen MR) is 110 cm³/mol. The number of rotatable bonds is 3. The van der Waals surface area contributed by atoms with Crippen molar-refractivity contribution in [3.63, 3.8) is 0 Å². The summed E-state index contributed by atoms with van der Waals surface area (Å²) in [6.07, 6.45) is 0. The number of imidazole rings is 1. The third kappa shape index (κ3) is 3.24. The molecular weight excluding hydrogens is 387 g/mol. The molecule has 3 aromatic carbocycles. The molecule has 4 aromatic rings. The SMILES string of the molecule is Clc1cc(Cl)c(Cl)c(-c2nc(-c3ccccc3)c(-c3ccccc3)[nH]2)c1. The van der Waals surface area contributed by atoms with E-state index in [1.54, 1.807) is 12.1 Å². The number of aromatic nitrogens is 2. The second-order valence-corrected chi connectivity index (χ2v) is 7.01. The fourth-order valence-electron chi connectivity index (χ4n) is 2.85. The summed E-state index contributed by atoms with van der Waals surface area (Å²) in [4.78, 5) is 8.21. The van der Waals surface area contributed by atoms with Gasteiger partial charge in [0.15, 0.2) is 0 Å². The summed E-state index contributed by atoms with van der Waals surface area (Å²) in [6.45, 7) is 0. The van der Waals surface area contributed by atoms with E-state index in [9.17, 15) is 0 Å². The van der Waals surface area contributed by atoms with Crippen molar-refractivity contribution < 1.29 is 0 Å². The van der Waals surface area contributed by atoms with Crippen LogP contribution in [0.15, 0.2) is 72.8 Å². The summed E-state index contributed by atoms with van der Waals surface area (Å²) < 4.78 is 0. The Kier molecular flexibility index (Phi) is 4.73. The monoisotopic (exact) mass is 398 g/mol. The Hall–Kier alpha value is -2.26. The van der Waals surface area contributed by atoms with Crippen molar-refractivity contribution in [1.82, 2.24) is 9.97 Å². The lowest BCUT2D eigenvalue weighted by molar-refractivity contribution is 1.31. The molecule has 0 saturated carbocycles. The third-order valence-electron chi connectivity index (χ3n) is 4.06. The highest BCUT2D eigenvalue weighted by Gasteiger charge is 2.18. The molecule has 0 aliphatic heterocycles. The molecule has 1 N–H and O–H groups in total. The Bertz CT molecular complexity index is 1000. The minimum Gasteiger partial charge on any atom is -0.337 e. The van der Waals surface area contributed by atoms with Gasteiger partial charge in [0.1, 0.15) is 5.82 Å². The van der Waals surface area contributed by atoms with Gasteiger partial charge >= 0.3 is 0 Å². The molecule has 0 fully saturated rings. The second-order valence-electron chi connectivity index (χ2n) is 5.79. The highest BCUT2D eigenvalue weighted by Crippen LogP contribution is 2.38. The number of nitrogens with one attached hydrogen (secondary N) is 1. The lowest BCUT2D eigenvalue weighted by Crippen LogP contribution is -1.84. The molecule has 26 heavy (non-hydrogen) atoms. The van der Waals surface area contributed by atoms with E-state index in [0.29, 0.717) is 26.5 Å². The van der Waals surface area contributed by atoms with E-state index >= 15 is 0 Å². The largest absolute Gasteiger partial charge is 0.337 e. The zero-order chi connectivity index (χ0) is 18.1. The van der Waals surface area contributed by atoms with E-state index in [1.807, 2.05) is 60.7 Å². The number of hydrogen-bond acceptors (Lipinski definition) is 1. The van der Waals surface area contributed by atoms with E-state index in [1.165, 1.54) is 0 Å². The maximum Gasteiger partial charge on any atom is 0.140 e. The van der Waals surface area contributed by atoms with Crippen molar-refractivity contribution in [2.75, 3.05) is 0 Å². The molecule has 0 aliphatic carbocycles. The lowest BCUT2D eigenvalue weighted by Gasteiger charge is -2.04. The normalized spacial score (nSPS) is 10.9. The Balaban J connectivity index is 1.96. The van der Waals surface area contributed by atoms with Crippen LogP contribution >= 0.6 is 34.8 Å². The molecule has 1 heterocycles. The van der Waals surface area contributed by atoms with Gasteiger partial charge in [-0.25, -0.2) is 4.98 Å². The average molecular weight is 400 g/mol. The number of halogens is 3. The summed E-state index contributed by atoms with van der Waals surface area (Å²) in [6, 6.07) is 23.4. The maximum atomic E-state index is 6.40. The van der Waals surface area contributed by atoms with Crippen molar-refractivity contribution in [3.05, 3.63) is 87.9 Å². The molecular formula is C21H13Cl3N2. The molecule has 0 saturated heterocycles. The van der Waals surface area contributed by atoms with Crippen LogP contribution < -0.4 is 0 Å². The van der Waals surface area contributed by atoms with Gasteiger partial charge in [-0.2, -0.15) is 0 Å². The number of nitrogens with zero attached hydrogens (tertiary/aromatic N) is 1. The molecule has 0 aliphatic rings. The molecule has 4 rings (SSSR count). The first-order valence-electron chi connectivity index (χ1n) is 7.99. The molecule has 1 aromatic heterocycles. The van der Waals surface area contributed by atoms with Crippen LogP contribution in [0, 0.1) is 0 Å². The predicted octanol–water partition coefficient (Wildman–Crippen LogP) is 7.37. The summed E-state index contributed by atoms with van der Waals surface area (Å²) in [5.41, 5.74) is 4.48. The second kappa shape index (κ2) is 7.16. The van der Waals surface area contributed by atoms with Crippen LogP contribution in [0.3, 0.4) is 0 Å². The number of aromatic amines is 1. The third-order valence-corrected chi connectivity index (χ3v) is 5.08. The van der Waals surface area contributed by atoms with Gasteiger partial charge in [-0.05, 0) is 12.1 Å². The number of hydrogen-bond donors (Lipinski definition) is 1. The number of benzene rings is 3. The van der Waals surface area contributed by atoms with Gasteiger partial charge in [-0.1, -0.05) is 95.5 Å². The van der Waals surface area contributed by atoms with Crippen molar-refractivity contribution in [1.29, 1.82) is 0 Å². The average Bonchev–Trinajstić information content (AvgIpc) is 3.11. The minimum atomic E-state index is 0.396. The Morgan fingerprint density at radius 3 is 2.00 bits per heavy atom. The fourth-order valence-corrected chi connectivity index (χ4v) is 3.54. The van der Waals surface area contributed by atoms with Crippen LogP contribution in [-0.2, 0) is 0 Å². The van der Waals surface area contributed by atoms with Gasteiger partial charge < -0.3 is 4.98 Å². The summed E-state index contributed by atoms with van der Waals surface area (Å²) in [7, 11) is 0. The topological polar surface area (TPSA) is 28.7 Å². The van der Waals surface area contributed by atoms with Crippen LogP contribution in [0.25, 0.3) is 33.9 Å². The van der Waals surface area contributed by atoms with Crippen LogP contribution in [0.4, 0.5) is 0 Å². The Morgan fingerprint density at radius 1 is 0.731 bits per heavy atom. The van der Waals surface area contributed by atoms with Crippen LogP contribution in [-0.4, -0.2) is 9.97 Å². The smallest absolute Gasteiger partial charge is 0.140 e. The first-order chi connectivity index (χ1) is 12.6. The molecule has 0 unspecified atom stereocenters. The van der Waals surface area contributed by atoms with E-state index in [0.717, 1.165) is 22.5 Å². The Labute approximate surface area is 166 Å².